The van der Waals surface area contributed by atoms with E-state index in [-0.39, 0.29) is 5.91 Å². The third-order valence-corrected chi connectivity index (χ3v) is 5.01. The first-order valence-electron chi connectivity index (χ1n) is 7.21. The summed E-state index contributed by atoms with van der Waals surface area (Å²) >= 11 is 2.46. The average Bonchev–Trinajstić information content (AvgIpc) is 3.11. The van der Waals surface area contributed by atoms with E-state index >= 15 is 0 Å². The van der Waals surface area contributed by atoms with Gasteiger partial charge in [-0.3, -0.25) is 10.1 Å². The van der Waals surface area contributed by atoms with Crippen molar-refractivity contribution in [1.82, 2.24) is 9.97 Å². The number of esters is 1. The number of pyridine rings is 1. The predicted octanol–water partition coefficient (Wildman–Crippen LogP) is 3.73. The van der Waals surface area contributed by atoms with Crippen molar-refractivity contribution in [2.45, 2.75) is 9.92 Å². The number of amides is 1. The van der Waals surface area contributed by atoms with Gasteiger partial charge in [-0.25, -0.2) is 14.8 Å². The zero-order valence-corrected chi connectivity index (χ0v) is 14.8. The molecular formula is C17H13N3O3S2. The number of carbonyl (C=O) groups excluding carboxylic acids is 2. The van der Waals surface area contributed by atoms with Crippen molar-refractivity contribution in [3.63, 3.8) is 0 Å². The third kappa shape index (κ3) is 4.23. The van der Waals surface area contributed by atoms with Gasteiger partial charge in [0.25, 0.3) is 5.91 Å². The number of thiazole rings is 1. The second-order valence-corrected chi connectivity index (χ2v) is 6.84. The van der Waals surface area contributed by atoms with Gasteiger partial charge >= 0.3 is 5.97 Å². The van der Waals surface area contributed by atoms with E-state index in [0.29, 0.717) is 20.6 Å². The number of anilines is 1. The Hall–Kier alpha value is -2.71. The maximum atomic E-state index is 12.6. The molecule has 0 saturated carbocycles. The number of nitrogens with one attached hydrogen (secondary N) is 1. The summed E-state index contributed by atoms with van der Waals surface area (Å²) in [6.07, 6.45) is 3.01. The number of benzene rings is 1. The summed E-state index contributed by atoms with van der Waals surface area (Å²) in [6, 6.07) is 13.1. The topological polar surface area (TPSA) is 81.2 Å². The fourth-order valence-corrected chi connectivity index (χ4v) is 3.57. The number of hydrogen-bond acceptors (Lipinski definition) is 7. The number of hydrogen-bond donors (Lipinski definition) is 1. The first kappa shape index (κ1) is 17.1. The third-order valence-electron chi connectivity index (χ3n) is 3.09. The zero-order valence-electron chi connectivity index (χ0n) is 13.1. The second kappa shape index (κ2) is 7.91. The minimum Gasteiger partial charge on any atom is -0.465 e. The van der Waals surface area contributed by atoms with Gasteiger partial charge in [0.1, 0.15) is 9.90 Å². The van der Waals surface area contributed by atoms with E-state index in [9.17, 15) is 9.59 Å². The van der Waals surface area contributed by atoms with Crippen molar-refractivity contribution in [2.75, 3.05) is 12.4 Å². The maximum absolute atomic E-state index is 12.6. The smallest absolute Gasteiger partial charge is 0.349 e. The van der Waals surface area contributed by atoms with Crippen LogP contribution in [0.1, 0.15) is 20.0 Å². The Morgan fingerprint density at radius 1 is 1.12 bits per heavy atom. The van der Waals surface area contributed by atoms with Crippen LogP contribution in [0.2, 0.25) is 0 Å². The van der Waals surface area contributed by atoms with E-state index in [2.05, 4.69) is 20.0 Å². The molecule has 0 aliphatic rings. The highest BCUT2D eigenvalue weighted by atomic mass is 32.2. The Balaban J connectivity index is 1.78. The molecule has 0 atom stereocenters. The summed E-state index contributed by atoms with van der Waals surface area (Å²) in [5, 5.41) is 3.61. The molecule has 6 nitrogen and oxygen atoms in total. The number of rotatable bonds is 5. The lowest BCUT2D eigenvalue weighted by Gasteiger charge is -2.07. The van der Waals surface area contributed by atoms with Crippen molar-refractivity contribution in [3.8, 4) is 0 Å². The van der Waals surface area contributed by atoms with Gasteiger partial charge < -0.3 is 4.74 Å². The van der Waals surface area contributed by atoms with Crippen molar-refractivity contribution < 1.29 is 14.3 Å². The predicted molar refractivity (Wildman–Crippen MR) is 96.2 cm³/mol. The van der Waals surface area contributed by atoms with Crippen LogP contribution in [0.15, 0.2) is 64.8 Å². The lowest BCUT2D eigenvalue weighted by Crippen LogP contribution is -2.13. The molecule has 3 rings (SSSR count). The van der Waals surface area contributed by atoms with Crippen LogP contribution in [0.4, 0.5) is 5.13 Å². The number of aromatic nitrogens is 2. The van der Waals surface area contributed by atoms with E-state index in [1.54, 1.807) is 18.3 Å². The summed E-state index contributed by atoms with van der Waals surface area (Å²) in [4.78, 5) is 33.6. The Bertz CT molecular complexity index is 897. The van der Waals surface area contributed by atoms with Gasteiger partial charge in [-0.1, -0.05) is 41.3 Å². The molecule has 2 aromatic heterocycles. The molecular weight excluding hydrogens is 358 g/mol. The second-order valence-electron chi connectivity index (χ2n) is 4.75. The van der Waals surface area contributed by atoms with Crippen molar-refractivity contribution in [2.24, 2.45) is 0 Å². The standard InChI is InChI=1S/C17H13N3O3S2/c1-23-16(22)13-10-19-17(25-13)20-14(21)12-8-5-9-18-15(12)24-11-6-3-2-4-7-11/h2-10H,1H3,(H,19,20,21). The van der Waals surface area contributed by atoms with Crippen LogP contribution >= 0.6 is 23.1 Å². The first-order chi connectivity index (χ1) is 12.2. The molecule has 0 radical (unpaired) electrons. The maximum Gasteiger partial charge on any atom is 0.349 e. The molecule has 25 heavy (non-hydrogen) atoms. The number of carbonyl (C=O) groups is 2. The molecule has 0 unspecified atom stereocenters. The van der Waals surface area contributed by atoms with Gasteiger partial charge in [-0.15, -0.1) is 0 Å². The normalized spacial score (nSPS) is 10.3. The van der Waals surface area contributed by atoms with Gasteiger partial charge in [0.2, 0.25) is 0 Å². The van der Waals surface area contributed by atoms with Gasteiger partial charge in [0.05, 0.1) is 18.9 Å². The highest BCUT2D eigenvalue weighted by molar-refractivity contribution is 7.99. The Kier molecular flexibility index (Phi) is 5.42. The molecule has 126 valence electrons. The van der Waals surface area contributed by atoms with Crippen LogP contribution in [0, 0.1) is 0 Å². The average molecular weight is 371 g/mol. The van der Waals surface area contributed by atoms with Gasteiger partial charge in [-0.2, -0.15) is 0 Å². The van der Waals surface area contributed by atoms with E-state index in [0.717, 1.165) is 16.2 Å². The molecule has 0 spiro atoms. The number of ether oxygens (including phenoxy) is 1. The summed E-state index contributed by atoms with van der Waals surface area (Å²) in [5.41, 5.74) is 0.436. The van der Waals surface area contributed by atoms with E-state index in [1.807, 2.05) is 30.3 Å². The van der Waals surface area contributed by atoms with Crippen molar-refractivity contribution >= 4 is 40.1 Å². The molecule has 1 aromatic carbocycles. The van der Waals surface area contributed by atoms with E-state index < -0.39 is 5.97 Å². The minimum atomic E-state index is -0.486. The fraction of sp³-hybridized carbons (Fsp3) is 0.0588. The molecule has 2 heterocycles. The first-order valence-corrected chi connectivity index (χ1v) is 8.84. The molecule has 0 aliphatic heterocycles. The largest absolute Gasteiger partial charge is 0.465 e. The van der Waals surface area contributed by atoms with Crippen LogP contribution in [-0.2, 0) is 4.74 Å². The van der Waals surface area contributed by atoms with E-state index in [4.69, 9.17) is 0 Å². The number of nitrogens with zero attached hydrogens (tertiary/aromatic N) is 2. The zero-order chi connectivity index (χ0) is 17.6. The SMILES string of the molecule is COC(=O)c1cnc(NC(=O)c2cccnc2Sc2ccccc2)s1. The molecule has 0 saturated heterocycles. The van der Waals surface area contributed by atoms with Crippen molar-refractivity contribution in [1.29, 1.82) is 0 Å². The fourth-order valence-electron chi connectivity index (χ4n) is 1.94. The Labute approximate surface area is 152 Å². The highest BCUT2D eigenvalue weighted by Crippen LogP contribution is 2.29. The molecule has 1 N–H and O–H groups in total. The summed E-state index contributed by atoms with van der Waals surface area (Å²) in [5.74, 6) is -0.822. The Morgan fingerprint density at radius 3 is 2.68 bits per heavy atom. The van der Waals surface area contributed by atoms with Crippen LogP contribution < -0.4 is 5.32 Å². The molecule has 0 bridgehead atoms. The highest BCUT2D eigenvalue weighted by Gasteiger charge is 2.16. The molecule has 0 fully saturated rings. The monoisotopic (exact) mass is 371 g/mol. The lowest BCUT2D eigenvalue weighted by molar-refractivity contribution is 0.0606. The molecule has 0 aliphatic carbocycles. The van der Waals surface area contributed by atoms with Crippen molar-refractivity contribution in [3.05, 3.63) is 65.3 Å². The summed E-state index contributed by atoms with van der Waals surface area (Å²) in [6.45, 7) is 0. The van der Waals surface area contributed by atoms with Crippen LogP contribution in [-0.4, -0.2) is 29.0 Å². The molecule has 8 heteroatoms. The minimum absolute atomic E-state index is 0.322. The quantitative estimate of drug-likeness (QED) is 0.688. The molecule has 3 aromatic rings. The summed E-state index contributed by atoms with van der Waals surface area (Å²) in [7, 11) is 1.29. The van der Waals surface area contributed by atoms with Crippen LogP contribution in [0.3, 0.4) is 0 Å². The van der Waals surface area contributed by atoms with E-state index in [1.165, 1.54) is 25.1 Å². The summed E-state index contributed by atoms with van der Waals surface area (Å²) < 4.78 is 4.63. The lowest BCUT2D eigenvalue weighted by atomic mass is 10.3. The number of methoxy groups -OCH3 is 1. The molecule has 1 amide bonds. The van der Waals surface area contributed by atoms with Crippen LogP contribution in [0.5, 0.6) is 0 Å². The van der Waals surface area contributed by atoms with Gasteiger partial charge in [-0.05, 0) is 24.3 Å². The van der Waals surface area contributed by atoms with Gasteiger partial charge in [0.15, 0.2) is 5.13 Å². The van der Waals surface area contributed by atoms with Crippen LogP contribution in [0.25, 0.3) is 0 Å². The van der Waals surface area contributed by atoms with Gasteiger partial charge in [0, 0.05) is 11.1 Å². The Morgan fingerprint density at radius 2 is 1.92 bits per heavy atom.